The van der Waals surface area contributed by atoms with Crippen LogP contribution in [0.1, 0.15) is 30.9 Å². The first kappa shape index (κ1) is 10.7. The maximum Gasteiger partial charge on any atom is 0.125 e. The molecule has 1 aromatic heterocycles. The van der Waals surface area contributed by atoms with Gasteiger partial charge in [-0.15, -0.1) is 0 Å². The van der Waals surface area contributed by atoms with Crippen molar-refractivity contribution < 1.29 is 0 Å². The lowest BCUT2D eigenvalue weighted by atomic mass is 10.1. The number of hydrogen-bond acceptors (Lipinski definition) is 2. The molecule has 0 spiro atoms. The van der Waals surface area contributed by atoms with Crippen LogP contribution >= 0.6 is 0 Å². The van der Waals surface area contributed by atoms with Crippen LogP contribution in [-0.4, -0.2) is 9.78 Å². The van der Waals surface area contributed by atoms with Gasteiger partial charge in [0.15, 0.2) is 0 Å². The summed E-state index contributed by atoms with van der Waals surface area (Å²) in [5.74, 6) is 1.20. The lowest BCUT2D eigenvalue weighted by Gasteiger charge is -2.06. The number of nitrogen functional groups attached to an aromatic ring is 1. The van der Waals surface area contributed by atoms with Gasteiger partial charge in [-0.3, -0.25) is 0 Å². The van der Waals surface area contributed by atoms with Crippen LogP contribution in [0, 0.1) is 0 Å². The Morgan fingerprint density at radius 3 is 2.50 bits per heavy atom. The van der Waals surface area contributed by atoms with Gasteiger partial charge in [-0.25, -0.2) is 4.68 Å². The van der Waals surface area contributed by atoms with Gasteiger partial charge in [-0.1, -0.05) is 44.2 Å². The maximum absolute atomic E-state index is 6.05. The fourth-order valence-electron chi connectivity index (χ4n) is 1.74. The van der Waals surface area contributed by atoms with E-state index in [4.69, 9.17) is 5.73 Å². The van der Waals surface area contributed by atoms with Gasteiger partial charge in [0, 0.05) is 5.56 Å². The van der Waals surface area contributed by atoms with Crippen LogP contribution in [-0.2, 0) is 6.54 Å². The van der Waals surface area contributed by atoms with E-state index in [9.17, 15) is 0 Å². The van der Waals surface area contributed by atoms with Crippen molar-refractivity contribution in [1.82, 2.24) is 9.78 Å². The third-order valence-corrected chi connectivity index (χ3v) is 2.71. The summed E-state index contributed by atoms with van der Waals surface area (Å²) >= 11 is 0. The zero-order chi connectivity index (χ0) is 11.5. The monoisotopic (exact) mass is 215 g/mol. The molecule has 2 N–H and O–H groups in total. The van der Waals surface area contributed by atoms with Gasteiger partial charge >= 0.3 is 0 Å². The molecule has 16 heavy (non-hydrogen) atoms. The average Bonchev–Trinajstić information content (AvgIpc) is 2.62. The molecule has 2 aromatic rings. The van der Waals surface area contributed by atoms with Crippen LogP contribution < -0.4 is 5.73 Å². The Balaban J connectivity index is 2.23. The highest BCUT2D eigenvalue weighted by molar-refractivity contribution is 5.41. The summed E-state index contributed by atoms with van der Waals surface area (Å²) in [6.07, 6.45) is 1.86. The van der Waals surface area contributed by atoms with Gasteiger partial charge in [0.05, 0.1) is 12.7 Å². The molecule has 84 valence electrons. The van der Waals surface area contributed by atoms with Crippen molar-refractivity contribution in [2.24, 2.45) is 0 Å². The number of anilines is 1. The number of nitrogens with two attached hydrogens (primary N) is 1. The Labute approximate surface area is 95.9 Å². The Morgan fingerprint density at radius 2 is 1.94 bits per heavy atom. The predicted octanol–water partition coefficient (Wildman–Crippen LogP) is 2.64. The van der Waals surface area contributed by atoms with Crippen molar-refractivity contribution >= 4 is 5.82 Å². The van der Waals surface area contributed by atoms with E-state index in [1.54, 1.807) is 0 Å². The van der Waals surface area contributed by atoms with E-state index in [2.05, 4.69) is 31.1 Å². The molecule has 0 aliphatic rings. The second-order valence-corrected chi connectivity index (χ2v) is 4.28. The first-order valence-electron chi connectivity index (χ1n) is 5.53. The van der Waals surface area contributed by atoms with Crippen molar-refractivity contribution in [3.63, 3.8) is 0 Å². The van der Waals surface area contributed by atoms with Gasteiger partial charge in [-0.05, 0) is 11.5 Å². The maximum atomic E-state index is 6.05. The van der Waals surface area contributed by atoms with Crippen LogP contribution in [0.25, 0.3) is 0 Å². The zero-order valence-corrected chi connectivity index (χ0v) is 9.72. The van der Waals surface area contributed by atoms with Crippen LogP contribution in [0.3, 0.4) is 0 Å². The highest BCUT2D eigenvalue weighted by Crippen LogP contribution is 2.21. The Morgan fingerprint density at radius 1 is 1.25 bits per heavy atom. The fourth-order valence-corrected chi connectivity index (χ4v) is 1.74. The van der Waals surface area contributed by atoms with Crippen LogP contribution in [0.4, 0.5) is 5.82 Å². The molecule has 2 rings (SSSR count). The molecule has 0 bridgehead atoms. The van der Waals surface area contributed by atoms with E-state index in [0.29, 0.717) is 5.92 Å². The van der Waals surface area contributed by atoms with E-state index in [1.807, 2.05) is 29.1 Å². The molecular weight excluding hydrogens is 198 g/mol. The number of rotatable bonds is 3. The summed E-state index contributed by atoms with van der Waals surface area (Å²) in [5.41, 5.74) is 8.39. The van der Waals surface area contributed by atoms with E-state index in [-0.39, 0.29) is 0 Å². The van der Waals surface area contributed by atoms with Crippen LogP contribution in [0.2, 0.25) is 0 Å². The highest BCUT2D eigenvalue weighted by atomic mass is 15.3. The van der Waals surface area contributed by atoms with E-state index < -0.39 is 0 Å². The number of aromatic nitrogens is 2. The average molecular weight is 215 g/mol. The minimum atomic E-state index is 0.421. The molecule has 0 saturated heterocycles. The topological polar surface area (TPSA) is 43.8 Å². The number of nitrogens with zero attached hydrogens (tertiary/aromatic N) is 2. The molecule has 1 aromatic carbocycles. The third-order valence-electron chi connectivity index (χ3n) is 2.71. The van der Waals surface area contributed by atoms with E-state index in [0.717, 1.165) is 17.9 Å². The smallest absolute Gasteiger partial charge is 0.125 e. The van der Waals surface area contributed by atoms with Gasteiger partial charge in [0.2, 0.25) is 0 Å². The fraction of sp³-hybridized carbons (Fsp3) is 0.308. The van der Waals surface area contributed by atoms with Crippen molar-refractivity contribution in [3.8, 4) is 0 Å². The normalized spacial score (nSPS) is 10.9. The predicted molar refractivity (Wildman–Crippen MR) is 66.3 cm³/mol. The van der Waals surface area contributed by atoms with Crippen molar-refractivity contribution in [2.75, 3.05) is 5.73 Å². The largest absolute Gasteiger partial charge is 0.384 e. The molecule has 0 amide bonds. The first-order valence-corrected chi connectivity index (χ1v) is 5.53. The molecule has 0 aliphatic heterocycles. The summed E-state index contributed by atoms with van der Waals surface area (Å²) in [6, 6.07) is 10.2. The molecule has 0 saturated carbocycles. The van der Waals surface area contributed by atoms with Crippen molar-refractivity contribution in [2.45, 2.75) is 26.3 Å². The van der Waals surface area contributed by atoms with E-state index in [1.165, 1.54) is 5.56 Å². The third kappa shape index (κ3) is 2.08. The van der Waals surface area contributed by atoms with Crippen molar-refractivity contribution in [1.29, 1.82) is 0 Å². The summed E-state index contributed by atoms with van der Waals surface area (Å²) in [4.78, 5) is 0. The molecule has 0 unspecified atom stereocenters. The summed E-state index contributed by atoms with van der Waals surface area (Å²) in [6.45, 7) is 4.99. The second-order valence-electron chi connectivity index (χ2n) is 4.28. The van der Waals surface area contributed by atoms with Crippen LogP contribution in [0.5, 0.6) is 0 Å². The van der Waals surface area contributed by atoms with Gasteiger partial charge < -0.3 is 5.73 Å². The minimum absolute atomic E-state index is 0.421. The SMILES string of the molecule is CC(C)c1cnn(Cc2ccccc2)c1N. The summed E-state index contributed by atoms with van der Waals surface area (Å²) < 4.78 is 1.85. The standard InChI is InChI=1S/C13H17N3/c1-10(2)12-8-15-16(13(12)14)9-11-6-4-3-5-7-11/h3-8,10H,9,14H2,1-2H3. The van der Waals surface area contributed by atoms with Gasteiger partial charge in [0.25, 0.3) is 0 Å². The highest BCUT2D eigenvalue weighted by Gasteiger charge is 2.10. The zero-order valence-electron chi connectivity index (χ0n) is 9.72. The first-order chi connectivity index (χ1) is 7.68. The Kier molecular flexibility index (Phi) is 2.95. The summed E-state index contributed by atoms with van der Waals surface area (Å²) in [5, 5.41) is 4.32. The second kappa shape index (κ2) is 4.39. The van der Waals surface area contributed by atoms with Crippen molar-refractivity contribution in [3.05, 3.63) is 47.7 Å². The van der Waals surface area contributed by atoms with E-state index >= 15 is 0 Å². The lowest BCUT2D eigenvalue weighted by molar-refractivity contribution is 0.696. The quantitative estimate of drug-likeness (QED) is 0.855. The molecule has 1 heterocycles. The molecule has 0 radical (unpaired) electrons. The molecular formula is C13H17N3. The molecule has 0 aliphatic carbocycles. The minimum Gasteiger partial charge on any atom is -0.384 e. The molecule has 0 fully saturated rings. The lowest BCUT2D eigenvalue weighted by Crippen LogP contribution is -2.06. The Bertz CT molecular complexity index is 457. The number of hydrogen-bond donors (Lipinski definition) is 1. The molecule has 0 atom stereocenters. The summed E-state index contributed by atoms with van der Waals surface area (Å²) in [7, 11) is 0. The van der Waals surface area contributed by atoms with Gasteiger partial charge in [0.1, 0.15) is 5.82 Å². The Hall–Kier alpha value is -1.77. The molecule has 3 heteroatoms. The molecule has 3 nitrogen and oxygen atoms in total. The van der Waals surface area contributed by atoms with Crippen LogP contribution in [0.15, 0.2) is 36.5 Å². The van der Waals surface area contributed by atoms with Gasteiger partial charge in [-0.2, -0.15) is 5.10 Å². The number of benzene rings is 1.